The molecule has 0 saturated carbocycles. The average Bonchev–Trinajstić information content (AvgIpc) is 4.28. The first-order valence-electron chi connectivity index (χ1n) is 27.0. The quantitative estimate of drug-likeness (QED) is 0.143. The van der Waals surface area contributed by atoms with Crippen LogP contribution in [-0.4, -0.2) is 29.9 Å². The summed E-state index contributed by atoms with van der Waals surface area (Å²) >= 11 is 0. The van der Waals surface area contributed by atoms with Crippen molar-refractivity contribution in [2.24, 2.45) is 0 Å². The van der Waals surface area contributed by atoms with Gasteiger partial charge in [-0.3, -0.25) is 4.98 Å². The van der Waals surface area contributed by atoms with Crippen LogP contribution >= 0.6 is 0 Å². The van der Waals surface area contributed by atoms with Crippen LogP contribution in [0.25, 0.3) is 167 Å². The van der Waals surface area contributed by atoms with E-state index >= 15 is 0 Å². The second kappa shape index (κ2) is 18.4. The van der Waals surface area contributed by atoms with Crippen molar-refractivity contribution in [2.75, 3.05) is 0 Å². The topological polar surface area (TPSA) is 77.3 Å². The Balaban J connectivity index is 0.728. The van der Waals surface area contributed by atoms with Crippen LogP contribution in [0.1, 0.15) is 0 Å². The van der Waals surface area contributed by atoms with Crippen molar-refractivity contribution in [3.8, 4) is 146 Å². The van der Waals surface area contributed by atoms with Crippen molar-refractivity contribution < 1.29 is 0 Å². The molecule has 0 radical (unpaired) electrons. The van der Waals surface area contributed by atoms with Gasteiger partial charge >= 0.3 is 0 Å². The molecule has 370 valence electrons. The molecule has 0 fully saturated rings. The average molecular weight is 1020 g/mol. The third-order valence-corrected chi connectivity index (χ3v) is 16.0. The molecule has 0 spiro atoms. The van der Waals surface area contributed by atoms with Crippen molar-refractivity contribution in [3.63, 3.8) is 0 Å². The largest absolute Gasteiger partial charge is 0.265 e. The fraction of sp³-hybridized carbons (Fsp3) is 0. The Kier molecular flexibility index (Phi) is 10.5. The van der Waals surface area contributed by atoms with Gasteiger partial charge in [0.15, 0.2) is 11.6 Å². The lowest BCUT2D eigenvalue weighted by molar-refractivity contribution is 1.19. The molecular weight excluding hydrogens is 973 g/mol. The lowest BCUT2D eigenvalue weighted by Gasteiger charge is -2.13. The summed E-state index contributed by atoms with van der Waals surface area (Å²) in [6.07, 6.45) is 3.65. The Labute approximate surface area is 462 Å². The number of pyridine rings is 2. The van der Waals surface area contributed by atoms with Gasteiger partial charge in [0.25, 0.3) is 0 Å². The van der Waals surface area contributed by atoms with Crippen molar-refractivity contribution in [1.82, 2.24) is 29.9 Å². The van der Waals surface area contributed by atoms with Crippen LogP contribution in [0.4, 0.5) is 0 Å². The summed E-state index contributed by atoms with van der Waals surface area (Å²) < 4.78 is 0. The zero-order valence-corrected chi connectivity index (χ0v) is 43.1. The van der Waals surface area contributed by atoms with E-state index in [0.29, 0.717) is 11.6 Å². The molecule has 0 bridgehead atoms. The van der Waals surface area contributed by atoms with E-state index in [1.807, 2.05) is 30.6 Å². The fourth-order valence-electron chi connectivity index (χ4n) is 12.1. The van der Waals surface area contributed by atoms with Gasteiger partial charge in [-0.1, -0.05) is 206 Å². The molecule has 10 aromatic carbocycles. The summed E-state index contributed by atoms with van der Waals surface area (Å²) in [5.41, 5.74) is 25.5. The maximum atomic E-state index is 5.35. The number of rotatable bonds is 9. The maximum absolute atomic E-state index is 5.35. The van der Waals surface area contributed by atoms with Crippen LogP contribution in [0.3, 0.4) is 0 Å². The number of fused-ring (bicyclic) bond motifs is 6. The predicted octanol–water partition coefficient (Wildman–Crippen LogP) is 18.7. The third-order valence-electron chi connectivity index (χ3n) is 16.0. The fourth-order valence-corrected chi connectivity index (χ4v) is 12.1. The molecule has 2 aliphatic rings. The summed E-state index contributed by atoms with van der Waals surface area (Å²) in [7, 11) is 0. The Hall–Kier alpha value is -10.8. The molecular formula is C74H44N6. The molecule has 4 heterocycles. The first-order valence-corrected chi connectivity index (χ1v) is 27.0. The van der Waals surface area contributed by atoms with Gasteiger partial charge in [-0.15, -0.1) is 0 Å². The standard InChI is InChI=1S/C74H44N6/c1-2-11-47(12-3-1)67-43-68(78-73(77-67)63-37-35-61-55-15-6-4-13-53(55)57-17-8-19-59(63)71(57)61)51-31-27-48(28-32-51)65-21-10-22-66(76-65)49-29-33-52(34-30-49)70-44-69(50-25-23-45(24-26-50)46-39-41-75-42-40-46)79-74(80-70)64-38-36-62-56-16-7-5-14-54(56)58-18-9-20-60(64)72(58)62/h1-44H. The van der Waals surface area contributed by atoms with Crippen molar-refractivity contribution in [1.29, 1.82) is 0 Å². The van der Waals surface area contributed by atoms with Crippen LogP contribution in [0.2, 0.25) is 0 Å². The summed E-state index contributed by atoms with van der Waals surface area (Å²) in [5.74, 6) is 1.38. The molecule has 6 heteroatoms. The van der Waals surface area contributed by atoms with Crippen LogP contribution < -0.4 is 0 Å². The van der Waals surface area contributed by atoms with Gasteiger partial charge in [0, 0.05) is 56.9 Å². The maximum Gasteiger partial charge on any atom is 0.161 e. The number of hydrogen-bond donors (Lipinski definition) is 0. The minimum Gasteiger partial charge on any atom is -0.265 e. The Morgan fingerprint density at radius 2 is 0.500 bits per heavy atom. The lowest BCUT2D eigenvalue weighted by Crippen LogP contribution is -1.97. The molecule has 0 aliphatic heterocycles. The molecule has 4 aromatic heterocycles. The summed E-state index contributed by atoms with van der Waals surface area (Å²) in [5, 5.41) is 4.78. The molecule has 80 heavy (non-hydrogen) atoms. The minimum absolute atomic E-state index is 0.681. The SMILES string of the molecule is c1ccc(-c2cc(-c3ccc(-c4cccc(-c5ccc(-c6cc(-c7ccc(-c8ccncc8)cc7)nc(-c7ccc8c9c(cccc79)-c7ccccc7-8)n6)cc5)n4)cc3)nc(-c3ccc4c5c(cccc35)-c3ccccc3-4)n2)cc1. The van der Waals surface area contributed by atoms with Gasteiger partial charge in [0.05, 0.1) is 34.2 Å². The summed E-state index contributed by atoms with van der Waals surface area (Å²) in [6, 6.07) is 90.0. The molecule has 16 rings (SSSR count). The molecule has 0 amide bonds. The second-order valence-corrected chi connectivity index (χ2v) is 20.5. The van der Waals surface area contributed by atoms with Gasteiger partial charge in [-0.05, 0) is 126 Å². The van der Waals surface area contributed by atoms with Gasteiger partial charge in [-0.25, -0.2) is 24.9 Å². The van der Waals surface area contributed by atoms with Crippen LogP contribution in [0.5, 0.6) is 0 Å². The molecule has 2 aliphatic carbocycles. The molecule has 0 N–H and O–H groups in total. The highest BCUT2D eigenvalue weighted by Gasteiger charge is 2.26. The summed E-state index contributed by atoms with van der Waals surface area (Å²) in [6.45, 7) is 0. The van der Waals surface area contributed by atoms with E-state index in [1.165, 1.54) is 55.3 Å². The van der Waals surface area contributed by atoms with E-state index in [0.717, 1.165) is 101 Å². The number of benzene rings is 10. The van der Waals surface area contributed by atoms with Gasteiger partial charge in [0.2, 0.25) is 0 Å². The Morgan fingerprint density at radius 1 is 0.188 bits per heavy atom. The molecule has 0 atom stereocenters. The number of aromatic nitrogens is 6. The van der Waals surface area contributed by atoms with Crippen LogP contribution in [0, 0.1) is 0 Å². The molecule has 0 saturated heterocycles. The zero-order chi connectivity index (χ0) is 52.7. The van der Waals surface area contributed by atoms with E-state index in [4.69, 9.17) is 24.9 Å². The highest BCUT2D eigenvalue weighted by molar-refractivity contribution is 6.19. The molecule has 6 nitrogen and oxygen atoms in total. The first kappa shape index (κ1) is 45.4. The van der Waals surface area contributed by atoms with E-state index in [2.05, 4.69) is 242 Å². The first-order chi connectivity index (χ1) is 39.6. The number of nitrogens with zero attached hydrogens (tertiary/aromatic N) is 6. The van der Waals surface area contributed by atoms with Gasteiger partial charge < -0.3 is 0 Å². The van der Waals surface area contributed by atoms with E-state index in [-0.39, 0.29) is 0 Å². The monoisotopic (exact) mass is 1020 g/mol. The Morgan fingerprint density at radius 3 is 0.925 bits per heavy atom. The van der Waals surface area contributed by atoms with Crippen molar-refractivity contribution in [3.05, 3.63) is 267 Å². The third kappa shape index (κ3) is 7.57. The highest BCUT2D eigenvalue weighted by Crippen LogP contribution is 2.51. The molecule has 0 unspecified atom stereocenters. The van der Waals surface area contributed by atoms with E-state index < -0.39 is 0 Å². The van der Waals surface area contributed by atoms with E-state index in [9.17, 15) is 0 Å². The van der Waals surface area contributed by atoms with Crippen LogP contribution in [0.15, 0.2) is 267 Å². The zero-order valence-electron chi connectivity index (χ0n) is 43.1. The Bertz CT molecular complexity index is 4730. The van der Waals surface area contributed by atoms with E-state index in [1.54, 1.807) is 0 Å². The lowest BCUT2D eigenvalue weighted by atomic mass is 9.97. The van der Waals surface area contributed by atoms with Crippen molar-refractivity contribution in [2.45, 2.75) is 0 Å². The van der Waals surface area contributed by atoms with Crippen molar-refractivity contribution >= 4 is 21.5 Å². The predicted molar refractivity (Wildman–Crippen MR) is 326 cm³/mol. The van der Waals surface area contributed by atoms with Gasteiger partial charge in [0.1, 0.15) is 0 Å². The van der Waals surface area contributed by atoms with Crippen LogP contribution in [-0.2, 0) is 0 Å². The number of hydrogen-bond acceptors (Lipinski definition) is 6. The normalized spacial score (nSPS) is 11.8. The summed E-state index contributed by atoms with van der Waals surface area (Å²) in [4.78, 5) is 30.7. The highest BCUT2D eigenvalue weighted by atomic mass is 14.9. The molecule has 14 aromatic rings. The van der Waals surface area contributed by atoms with Gasteiger partial charge in [-0.2, -0.15) is 0 Å². The second-order valence-electron chi connectivity index (χ2n) is 20.5. The minimum atomic E-state index is 0.681. The smallest absolute Gasteiger partial charge is 0.161 e.